The zero-order valence-electron chi connectivity index (χ0n) is 14.1. The predicted octanol–water partition coefficient (Wildman–Crippen LogP) is 3.29. The topological polar surface area (TPSA) is 45.3 Å². The molecule has 1 aromatic carbocycles. The van der Waals surface area contributed by atoms with Crippen LogP contribution in [0.5, 0.6) is 0 Å². The van der Waals surface area contributed by atoms with E-state index < -0.39 is 0 Å². The zero-order chi connectivity index (χ0) is 16.2. The van der Waals surface area contributed by atoms with Crippen LogP contribution in [-0.4, -0.2) is 42.6 Å². The first kappa shape index (κ1) is 16.1. The number of benzene rings is 1. The van der Waals surface area contributed by atoms with Crippen molar-refractivity contribution in [2.45, 2.75) is 32.6 Å². The Morgan fingerprint density at radius 2 is 2.13 bits per heavy atom. The second kappa shape index (κ2) is 7.18. The van der Waals surface area contributed by atoms with Gasteiger partial charge in [-0.15, -0.1) is 0 Å². The van der Waals surface area contributed by atoms with E-state index in [4.69, 9.17) is 4.74 Å². The lowest BCUT2D eigenvalue weighted by molar-refractivity contribution is -0.132. The van der Waals surface area contributed by atoms with E-state index in [-0.39, 0.29) is 5.91 Å². The molecule has 0 aliphatic carbocycles. The van der Waals surface area contributed by atoms with Gasteiger partial charge in [-0.1, -0.05) is 11.6 Å². The van der Waals surface area contributed by atoms with E-state index in [1.165, 1.54) is 16.5 Å². The number of carbonyl (C=O) groups is 1. The lowest BCUT2D eigenvalue weighted by Gasteiger charge is -2.31. The summed E-state index contributed by atoms with van der Waals surface area (Å²) in [7, 11) is 1.75. The summed E-state index contributed by atoms with van der Waals surface area (Å²) in [4.78, 5) is 17.8. The lowest BCUT2D eigenvalue weighted by atomic mass is 9.97. The summed E-state index contributed by atoms with van der Waals surface area (Å²) in [5.41, 5.74) is 3.65. The largest absolute Gasteiger partial charge is 0.384 e. The number of H-pyrrole nitrogens is 1. The van der Waals surface area contributed by atoms with Gasteiger partial charge in [-0.2, -0.15) is 0 Å². The maximum Gasteiger partial charge on any atom is 0.222 e. The number of hydrogen-bond donors (Lipinski definition) is 1. The van der Waals surface area contributed by atoms with Gasteiger partial charge in [0.25, 0.3) is 0 Å². The molecule has 1 aromatic heterocycles. The summed E-state index contributed by atoms with van der Waals surface area (Å²) in [6, 6.07) is 6.41. The molecule has 0 radical (unpaired) electrons. The Labute approximate surface area is 137 Å². The van der Waals surface area contributed by atoms with Gasteiger partial charge in [0.2, 0.25) is 5.91 Å². The molecule has 0 atom stereocenters. The summed E-state index contributed by atoms with van der Waals surface area (Å²) in [5, 5.41) is 1.25. The smallest absolute Gasteiger partial charge is 0.222 e. The van der Waals surface area contributed by atoms with E-state index in [0.29, 0.717) is 12.3 Å². The number of amides is 1. The third-order valence-corrected chi connectivity index (χ3v) is 4.90. The molecule has 4 nitrogen and oxygen atoms in total. The highest BCUT2D eigenvalue weighted by atomic mass is 16.5. The average molecular weight is 314 g/mol. The molecule has 23 heavy (non-hydrogen) atoms. The molecule has 0 unspecified atom stereocenters. The van der Waals surface area contributed by atoms with Crippen molar-refractivity contribution in [3.05, 3.63) is 35.5 Å². The first-order valence-corrected chi connectivity index (χ1v) is 8.50. The standard InChI is InChI=1S/C19H26N2O2/c1-14-3-5-18-17(11-14)16(12-20-18)4-6-19(22)21-9-7-15(8-10-21)13-23-2/h3,5,11-12,15,20H,4,6-10,13H2,1-2H3. The number of nitrogens with zero attached hydrogens (tertiary/aromatic N) is 1. The molecule has 1 amide bonds. The number of piperidine rings is 1. The first-order valence-electron chi connectivity index (χ1n) is 8.50. The minimum atomic E-state index is 0.280. The zero-order valence-corrected chi connectivity index (χ0v) is 14.1. The van der Waals surface area contributed by atoms with Crippen molar-refractivity contribution >= 4 is 16.8 Å². The number of nitrogens with one attached hydrogen (secondary N) is 1. The average Bonchev–Trinajstić information content (AvgIpc) is 2.96. The number of aryl methyl sites for hydroxylation is 2. The number of carbonyl (C=O) groups excluding carboxylic acids is 1. The SMILES string of the molecule is COCC1CCN(C(=O)CCc2c[nH]c3ccc(C)cc23)CC1. The van der Waals surface area contributed by atoms with Crippen LogP contribution in [0.15, 0.2) is 24.4 Å². The van der Waals surface area contributed by atoms with Crippen molar-refractivity contribution in [3.63, 3.8) is 0 Å². The van der Waals surface area contributed by atoms with Gasteiger partial charge in [0.1, 0.15) is 0 Å². The van der Waals surface area contributed by atoms with Crippen molar-refractivity contribution in [1.82, 2.24) is 9.88 Å². The van der Waals surface area contributed by atoms with Crippen LogP contribution in [0, 0.1) is 12.8 Å². The van der Waals surface area contributed by atoms with Crippen LogP contribution in [0.1, 0.15) is 30.4 Å². The van der Waals surface area contributed by atoms with Crippen molar-refractivity contribution in [1.29, 1.82) is 0 Å². The highest BCUT2D eigenvalue weighted by molar-refractivity contribution is 5.85. The normalized spacial score (nSPS) is 16.2. The minimum Gasteiger partial charge on any atom is -0.384 e. The van der Waals surface area contributed by atoms with E-state index >= 15 is 0 Å². The van der Waals surface area contributed by atoms with E-state index in [1.54, 1.807) is 7.11 Å². The van der Waals surface area contributed by atoms with Gasteiger partial charge >= 0.3 is 0 Å². The Hall–Kier alpha value is -1.81. The van der Waals surface area contributed by atoms with Crippen LogP contribution in [0.25, 0.3) is 10.9 Å². The number of rotatable bonds is 5. The molecular weight excluding hydrogens is 288 g/mol. The fraction of sp³-hybridized carbons (Fsp3) is 0.526. The number of aromatic nitrogens is 1. The van der Waals surface area contributed by atoms with Crippen LogP contribution in [0.4, 0.5) is 0 Å². The molecule has 0 bridgehead atoms. The Kier molecular flexibility index (Phi) is 5.01. The minimum absolute atomic E-state index is 0.280. The Morgan fingerprint density at radius 3 is 2.87 bits per heavy atom. The van der Waals surface area contributed by atoms with Gasteiger partial charge in [0.05, 0.1) is 0 Å². The highest BCUT2D eigenvalue weighted by Crippen LogP contribution is 2.22. The molecular formula is C19H26N2O2. The molecule has 1 aliphatic heterocycles. The van der Waals surface area contributed by atoms with E-state index in [2.05, 4.69) is 30.1 Å². The maximum absolute atomic E-state index is 12.4. The molecule has 0 saturated carbocycles. The second-order valence-corrected chi connectivity index (χ2v) is 6.64. The fourth-order valence-corrected chi connectivity index (χ4v) is 3.48. The van der Waals surface area contributed by atoms with Crippen LogP contribution in [-0.2, 0) is 16.0 Å². The molecule has 2 heterocycles. The van der Waals surface area contributed by atoms with Crippen LogP contribution in [0.3, 0.4) is 0 Å². The van der Waals surface area contributed by atoms with E-state index in [9.17, 15) is 4.79 Å². The van der Waals surface area contributed by atoms with Gasteiger partial charge in [-0.3, -0.25) is 4.79 Å². The van der Waals surface area contributed by atoms with Gasteiger partial charge in [-0.25, -0.2) is 0 Å². The molecule has 1 fully saturated rings. The quantitative estimate of drug-likeness (QED) is 0.920. The monoisotopic (exact) mass is 314 g/mol. The molecule has 4 heteroatoms. The number of hydrogen-bond acceptors (Lipinski definition) is 2. The fourth-order valence-electron chi connectivity index (χ4n) is 3.48. The van der Waals surface area contributed by atoms with Gasteiger partial charge in [0, 0.05) is 50.3 Å². The molecule has 2 aromatic rings. The van der Waals surface area contributed by atoms with Crippen molar-refractivity contribution in [2.24, 2.45) is 5.92 Å². The predicted molar refractivity (Wildman–Crippen MR) is 92.5 cm³/mol. The third kappa shape index (κ3) is 3.75. The second-order valence-electron chi connectivity index (χ2n) is 6.64. The number of methoxy groups -OCH3 is 1. The van der Waals surface area contributed by atoms with Crippen molar-refractivity contribution < 1.29 is 9.53 Å². The summed E-state index contributed by atoms with van der Waals surface area (Å²) in [6.07, 6.45) is 5.57. The number of aromatic amines is 1. The summed E-state index contributed by atoms with van der Waals surface area (Å²) in [6.45, 7) is 4.67. The van der Waals surface area contributed by atoms with Gasteiger partial charge in [-0.05, 0) is 49.8 Å². The molecule has 124 valence electrons. The summed E-state index contributed by atoms with van der Waals surface area (Å²) >= 11 is 0. The maximum atomic E-state index is 12.4. The van der Waals surface area contributed by atoms with Crippen LogP contribution in [0.2, 0.25) is 0 Å². The van der Waals surface area contributed by atoms with Gasteiger partial charge in [0.15, 0.2) is 0 Å². The molecule has 1 aliphatic rings. The Morgan fingerprint density at radius 1 is 1.35 bits per heavy atom. The van der Waals surface area contributed by atoms with Crippen LogP contribution >= 0.6 is 0 Å². The molecule has 1 saturated heterocycles. The summed E-state index contributed by atoms with van der Waals surface area (Å²) in [5.74, 6) is 0.892. The first-order chi connectivity index (χ1) is 11.2. The van der Waals surface area contributed by atoms with Crippen molar-refractivity contribution in [2.75, 3.05) is 26.8 Å². The third-order valence-electron chi connectivity index (χ3n) is 4.90. The number of fused-ring (bicyclic) bond motifs is 1. The van der Waals surface area contributed by atoms with E-state index in [0.717, 1.165) is 44.5 Å². The van der Waals surface area contributed by atoms with Crippen LogP contribution < -0.4 is 0 Å². The van der Waals surface area contributed by atoms with E-state index in [1.807, 2.05) is 11.1 Å². The van der Waals surface area contributed by atoms with Gasteiger partial charge < -0.3 is 14.6 Å². The molecule has 1 N–H and O–H groups in total. The number of ether oxygens (including phenoxy) is 1. The summed E-state index contributed by atoms with van der Waals surface area (Å²) < 4.78 is 5.22. The molecule has 3 rings (SSSR count). The lowest BCUT2D eigenvalue weighted by Crippen LogP contribution is -2.39. The van der Waals surface area contributed by atoms with Crippen molar-refractivity contribution in [3.8, 4) is 0 Å². The Bertz CT molecular complexity index is 669. The number of likely N-dealkylation sites (tertiary alicyclic amines) is 1. The molecule has 0 spiro atoms. The Balaban J connectivity index is 1.55. The highest BCUT2D eigenvalue weighted by Gasteiger charge is 2.22.